The molecule has 0 radical (unpaired) electrons. The number of anilines is 1. The van der Waals surface area contributed by atoms with Crippen LogP contribution in [0.1, 0.15) is 37.0 Å². The van der Waals surface area contributed by atoms with Crippen molar-refractivity contribution in [3.8, 4) is 0 Å². The maximum Gasteiger partial charge on any atom is 0.338 e. The normalized spacial score (nSPS) is 11.1. The van der Waals surface area contributed by atoms with Gasteiger partial charge in [0.25, 0.3) is 10.0 Å². The Labute approximate surface area is 149 Å². The zero-order valence-corrected chi connectivity index (χ0v) is 15.3. The van der Waals surface area contributed by atoms with Gasteiger partial charge in [0, 0.05) is 6.54 Å². The van der Waals surface area contributed by atoms with Gasteiger partial charge in [-0.2, -0.15) is 0 Å². The second kappa shape index (κ2) is 8.67. The van der Waals surface area contributed by atoms with Crippen LogP contribution in [-0.2, 0) is 14.8 Å². The van der Waals surface area contributed by atoms with Gasteiger partial charge in [-0.15, -0.1) is 0 Å². The van der Waals surface area contributed by atoms with Gasteiger partial charge in [0.1, 0.15) is 0 Å². The van der Waals surface area contributed by atoms with Gasteiger partial charge in [-0.1, -0.05) is 37.6 Å². The highest BCUT2D eigenvalue weighted by atomic mass is 32.2. The molecule has 0 heterocycles. The fraction of sp³-hybridized carbons (Fsp3) is 0.316. The summed E-state index contributed by atoms with van der Waals surface area (Å²) in [6.07, 6.45) is 1.62. The van der Waals surface area contributed by atoms with Crippen molar-refractivity contribution in [3.63, 3.8) is 0 Å². The van der Waals surface area contributed by atoms with Gasteiger partial charge in [0.05, 0.1) is 22.8 Å². The molecule has 0 aliphatic rings. The van der Waals surface area contributed by atoms with E-state index < -0.39 is 16.0 Å². The van der Waals surface area contributed by atoms with Crippen LogP contribution in [0, 0.1) is 0 Å². The van der Waals surface area contributed by atoms with E-state index in [1.54, 1.807) is 43.3 Å². The van der Waals surface area contributed by atoms with Crippen LogP contribution in [-0.4, -0.2) is 27.5 Å². The van der Waals surface area contributed by atoms with E-state index in [4.69, 9.17) is 4.74 Å². The molecule has 0 saturated heterocycles. The molecule has 0 saturated carbocycles. The first kappa shape index (κ1) is 19.0. The molecular weight excluding hydrogens is 338 g/mol. The van der Waals surface area contributed by atoms with Crippen LogP contribution in [0.3, 0.4) is 0 Å². The van der Waals surface area contributed by atoms with Gasteiger partial charge in [-0.3, -0.25) is 4.31 Å². The fourth-order valence-corrected chi connectivity index (χ4v) is 3.96. The summed E-state index contributed by atoms with van der Waals surface area (Å²) in [5.41, 5.74) is 0.837. The number of nitrogens with zero attached hydrogens (tertiary/aromatic N) is 1. The van der Waals surface area contributed by atoms with E-state index in [-0.39, 0.29) is 17.1 Å². The van der Waals surface area contributed by atoms with Crippen LogP contribution in [0.2, 0.25) is 0 Å². The number of carbonyl (C=O) groups excluding carboxylic acids is 1. The van der Waals surface area contributed by atoms with Crippen LogP contribution in [0.25, 0.3) is 0 Å². The number of hydrogen-bond acceptors (Lipinski definition) is 4. The van der Waals surface area contributed by atoms with Crippen molar-refractivity contribution in [1.82, 2.24) is 0 Å². The molecule has 0 aliphatic carbocycles. The summed E-state index contributed by atoms with van der Waals surface area (Å²) in [5, 5.41) is 0. The van der Waals surface area contributed by atoms with Gasteiger partial charge in [-0.25, -0.2) is 13.2 Å². The van der Waals surface area contributed by atoms with Crippen LogP contribution in [0.5, 0.6) is 0 Å². The first-order valence-corrected chi connectivity index (χ1v) is 9.79. The minimum atomic E-state index is -3.77. The number of esters is 1. The minimum absolute atomic E-state index is 0.0815. The Hall–Kier alpha value is -2.34. The lowest BCUT2D eigenvalue weighted by Gasteiger charge is -2.24. The molecule has 0 atom stereocenters. The SMILES string of the molecule is CCCCN(c1ccccc1)S(=O)(=O)c1cccc(C(=O)OCC)c1. The highest BCUT2D eigenvalue weighted by Gasteiger charge is 2.25. The maximum absolute atomic E-state index is 13.1. The average molecular weight is 361 g/mol. The minimum Gasteiger partial charge on any atom is -0.462 e. The molecule has 0 spiro atoms. The Kier molecular flexibility index (Phi) is 6.58. The standard InChI is InChI=1S/C19H23NO4S/c1-3-5-14-20(17-11-7-6-8-12-17)25(22,23)18-13-9-10-16(15-18)19(21)24-4-2/h6-13,15H,3-5,14H2,1-2H3. The monoisotopic (exact) mass is 361 g/mol. The Morgan fingerprint density at radius 3 is 2.40 bits per heavy atom. The number of rotatable bonds is 8. The summed E-state index contributed by atoms with van der Waals surface area (Å²) in [5.74, 6) is -0.528. The van der Waals surface area contributed by atoms with Gasteiger partial charge in [0.2, 0.25) is 0 Å². The summed E-state index contributed by atoms with van der Waals surface area (Å²) in [4.78, 5) is 12.0. The first-order valence-electron chi connectivity index (χ1n) is 8.35. The predicted octanol–water partition coefficient (Wildman–Crippen LogP) is 3.86. The lowest BCUT2D eigenvalue weighted by molar-refractivity contribution is 0.0526. The molecule has 0 aromatic heterocycles. The molecule has 25 heavy (non-hydrogen) atoms. The largest absolute Gasteiger partial charge is 0.462 e. The van der Waals surface area contributed by atoms with E-state index in [1.807, 2.05) is 13.0 Å². The average Bonchev–Trinajstić information content (AvgIpc) is 2.63. The summed E-state index contributed by atoms with van der Waals surface area (Å²) in [7, 11) is -3.77. The summed E-state index contributed by atoms with van der Waals surface area (Å²) in [6, 6.07) is 15.0. The number of sulfonamides is 1. The molecule has 0 N–H and O–H groups in total. The Bertz CT molecular complexity index is 803. The van der Waals surface area contributed by atoms with Gasteiger partial charge in [-0.05, 0) is 43.7 Å². The highest BCUT2D eigenvalue weighted by molar-refractivity contribution is 7.92. The van der Waals surface area contributed by atoms with E-state index in [2.05, 4.69) is 0 Å². The topological polar surface area (TPSA) is 63.7 Å². The van der Waals surface area contributed by atoms with E-state index in [0.29, 0.717) is 12.2 Å². The second-order valence-corrected chi connectivity index (χ2v) is 7.38. The molecule has 0 aliphatic heterocycles. The van der Waals surface area contributed by atoms with Gasteiger partial charge in [0.15, 0.2) is 0 Å². The number of benzene rings is 2. The second-order valence-electron chi connectivity index (χ2n) is 5.51. The maximum atomic E-state index is 13.1. The molecule has 0 fully saturated rings. The van der Waals surface area contributed by atoms with Crippen molar-refractivity contribution < 1.29 is 17.9 Å². The molecule has 0 amide bonds. The highest BCUT2D eigenvalue weighted by Crippen LogP contribution is 2.24. The lowest BCUT2D eigenvalue weighted by atomic mass is 10.2. The van der Waals surface area contributed by atoms with E-state index >= 15 is 0 Å². The molecule has 134 valence electrons. The number of ether oxygens (including phenoxy) is 1. The van der Waals surface area contributed by atoms with Gasteiger partial charge < -0.3 is 4.74 Å². The van der Waals surface area contributed by atoms with E-state index in [9.17, 15) is 13.2 Å². The van der Waals surface area contributed by atoms with Crippen molar-refractivity contribution in [2.24, 2.45) is 0 Å². The van der Waals surface area contributed by atoms with E-state index in [0.717, 1.165) is 12.8 Å². The van der Waals surface area contributed by atoms with Crippen molar-refractivity contribution in [2.75, 3.05) is 17.5 Å². The Morgan fingerprint density at radius 2 is 1.76 bits per heavy atom. The van der Waals surface area contributed by atoms with Crippen LogP contribution in [0.15, 0.2) is 59.5 Å². The molecule has 0 unspecified atom stereocenters. The fourth-order valence-electron chi connectivity index (χ4n) is 2.41. The number of carbonyl (C=O) groups is 1. The lowest BCUT2D eigenvalue weighted by Crippen LogP contribution is -2.32. The quantitative estimate of drug-likeness (QED) is 0.670. The third-order valence-corrected chi connectivity index (χ3v) is 5.52. The summed E-state index contributed by atoms with van der Waals surface area (Å²) in [6.45, 7) is 4.34. The Balaban J connectivity index is 2.43. The van der Waals surface area contributed by atoms with Crippen molar-refractivity contribution in [1.29, 1.82) is 0 Å². The summed E-state index contributed by atoms with van der Waals surface area (Å²) < 4.78 is 32.6. The zero-order chi connectivity index (χ0) is 18.3. The molecule has 2 aromatic carbocycles. The molecule has 2 aromatic rings. The van der Waals surface area contributed by atoms with Crippen LogP contribution >= 0.6 is 0 Å². The summed E-state index contributed by atoms with van der Waals surface area (Å²) >= 11 is 0. The third kappa shape index (κ3) is 4.60. The van der Waals surface area contributed by atoms with E-state index in [1.165, 1.54) is 16.4 Å². The predicted molar refractivity (Wildman–Crippen MR) is 98.3 cm³/mol. The number of hydrogen-bond donors (Lipinski definition) is 0. The van der Waals surface area contributed by atoms with Crippen molar-refractivity contribution >= 4 is 21.7 Å². The third-order valence-electron chi connectivity index (χ3n) is 3.69. The molecule has 6 heteroatoms. The van der Waals surface area contributed by atoms with Crippen molar-refractivity contribution in [3.05, 3.63) is 60.2 Å². The Morgan fingerprint density at radius 1 is 1.04 bits per heavy atom. The van der Waals surface area contributed by atoms with Crippen LogP contribution < -0.4 is 4.31 Å². The number of unbranched alkanes of at least 4 members (excludes halogenated alkanes) is 1. The van der Waals surface area contributed by atoms with Crippen molar-refractivity contribution in [2.45, 2.75) is 31.6 Å². The smallest absolute Gasteiger partial charge is 0.338 e. The first-order chi connectivity index (χ1) is 12.0. The molecular formula is C19H23NO4S. The number of para-hydroxylation sites is 1. The molecule has 0 bridgehead atoms. The molecule has 5 nitrogen and oxygen atoms in total. The van der Waals surface area contributed by atoms with Gasteiger partial charge >= 0.3 is 5.97 Å². The van der Waals surface area contributed by atoms with Crippen LogP contribution in [0.4, 0.5) is 5.69 Å². The molecule has 2 rings (SSSR count). The zero-order valence-electron chi connectivity index (χ0n) is 14.5.